The summed E-state index contributed by atoms with van der Waals surface area (Å²) in [6.07, 6.45) is 1.44. The first-order valence-electron chi connectivity index (χ1n) is 6.74. The van der Waals surface area contributed by atoms with Gasteiger partial charge in [-0.2, -0.15) is 5.10 Å². The second kappa shape index (κ2) is 8.41. The maximum absolute atomic E-state index is 11.7. The van der Waals surface area contributed by atoms with Gasteiger partial charge in [0.1, 0.15) is 5.75 Å². The Labute approximate surface area is 144 Å². The Bertz CT molecular complexity index is 703. The molecular formula is C16H15Cl2N3O2. The molecule has 5 nitrogen and oxygen atoms in total. The van der Waals surface area contributed by atoms with Crippen molar-refractivity contribution in [3.63, 3.8) is 0 Å². The SMILES string of the molecule is COc1ccc(NCC(=O)N/N=C\c2cccc(Cl)c2Cl)cc1. The van der Waals surface area contributed by atoms with Gasteiger partial charge >= 0.3 is 0 Å². The number of hydrogen-bond acceptors (Lipinski definition) is 4. The van der Waals surface area contributed by atoms with Gasteiger partial charge in [-0.15, -0.1) is 0 Å². The Balaban J connectivity index is 1.82. The third-order valence-electron chi connectivity index (χ3n) is 2.92. The van der Waals surface area contributed by atoms with E-state index in [2.05, 4.69) is 15.8 Å². The largest absolute Gasteiger partial charge is 0.497 e. The number of amides is 1. The first-order chi connectivity index (χ1) is 11.1. The fourth-order valence-corrected chi connectivity index (χ4v) is 2.08. The summed E-state index contributed by atoms with van der Waals surface area (Å²) in [4.78, 5) is 11.7. The van der Waals surface area contributed by atoms with E-state index in [4.69, 9.17) is 27.9 Å². The highest BCUT2D eigenvalue weighted by Crippen LogP contribution is 2.24. The van der Waals surface area contributed by atoms with Crippen LogP contribution in [0.5, 0.6) is 5.75 Å². The van der Waals surface area contributed by atoms with E-state index in [9.17, 15) is 4.79 Å². The van der Waals surface area contributed by atoms with E-state index in [0.717, 1.165) is 11.4 Å². The van der Waals surface area contributed by atoms with Crippen LogP contribution in [-0.4, -0.2) is 25.8 Å². The molecule has 120 valence electrons. The minimum Gasteiger partial charge on any atom is -0.497 e. The minimum atomic E-state index is -0.282. The van der Waals surface area contributed by atoms with Gasteiger partial charge in [0, 0.05) is 11.3 Å². The molecule has 2 N–H and O–H groups in total. The monoisotopic (exact) mass is 351 g/mol. The number of carbonyl (C=O) groups excluding carboxylic acids is 1. The van der Waals surface area contributed by atoms with Crippen LogP contribution in [0.15, 0.2) is 47.6 Å². The average molecular weight is 352 g/mol. The van der Waals surface area contributed by atoms with E-state index in [0.29, 0.717) is 15.6 Å². The molecule has 0 saturated carbocycles. The van der Waals surface area contributed by atoms with E-state index >= 15 is 0 Å². The quantitative estimate of drug-likeness (QED) is 0.617. The molecule has 23 heavy (non-hydrogen) atoms. The van der Waals surface area contributed by atoms with Crippen LogP contribution in [0, 0.1) is 0 Å². The van der Waals surface area contributed by atoms with Crippen LogP contribution in [0.1, 0.15) is 5.56 Å². The smallest absolute Gasteiger partial charge is 0.259 e. The van der Waals surface area contributed by atoms with E-state index in [-0.39, 0.29) is 12.5 Å². The number of ether oxygens (including phenoxy) is 1. The predicted octanol–water partition coefficient (Wildman–Crippen LogP) is 3.56. The Hall–Kier alpha value is -2.24. The standard InChI is InChI=1S/C16H15Cl2N3O2/c1-23-13-7-5-12(6-8-13)19-10-15(22)21-20-9-11-3-2-4-14(17)16(11)18/h2-9,19H,10H2,1H3,(H,21,22)/b20-9-. The third kappa shape index (κ3) is 5.16. The molecule has 0 heterocycles. The molecule has 0 aliphatic carbocycles. The lowest BCUT2D eigenvalue weighted by Gasteiger charge is -2.06. The van der Waals surface area contributed by atoms with E-state index in [1.54, 1.807) is 37.4 Å². The van der Waals surface area contributed by atoms with Crippen LogP contribution in [0.25, 0.3) is 0 Å². The lowest BCUT2D eigenvalue weighted by atomic mass is 10.2. The molecule has 0 aromatic heterocycles. The summed E-state index contributed by atoms with van der Waals surface area (Å²) < 4.78 is 5.06. The summed E-state index contributed by atoms with van der Waals surface area (Å²) in [6, 6.07) is 12.4. The number of carbonyl (C=O) groups is 1. The van der Waals surface area contributed by atoms with Gasteiger partial charge in [-0.1, -0.05) is 35.3 Å². The summed E-state index contributed by atoms with van der Waals surface area (Å²) in [7, 11) is 1.60. The van der Waals surface area contributed by atoms with Gasteiger partial charge in [-0.3, -0.25) is 4.79 Å². The number of benzene rings is 2. The predicted molar refractivity (Wildman–Crippen MR) is 93.7 cm³/mol. The fourth-order valence-electron chi connectivity index (χ4n) is 1.72. The highest BCUT2D eigenvalue weighted by molar-refractivity contribution is 6.43. The summed E-state index contributed by atoms with van der Waals surface area (Å²) in [6.45, 7) is 0.0902. The van der Waals surface area contributed by atoms with Gasteiger partial charge < -0.3 is 10.1 Å². The number of nitrogens with zero attached hydrogens (tertiary/aromatic N) is 1. The fraction of sp³-hybridized carbons (Fsp3) is 0.125. The molecule has 7 heteroatoms. The Morgan fingerprint density at radius 2 is 1.96 bits per heavy atom. The van der Waals surface area contributed by atoms with Crippen molar-refractivity contribution in [1.82, 2.24) is 5.43 Å². The van der Waals surface area contributed by atoms with E-state index in [1.165, 1.54) is 6.21 Å². The average Bonchev–Trinajstić information content (AvgIpc) is 2.57. The van der Waals surface area contributed by atoms with Crippen LogP contribution in [-0.2, 0) is 4.79 Å². The van der Waals surface area contributed by atoms with Crippen molar-refractivity contribution in [2.24, 2.45) is 5.10 Å². The van der Waals surface area contributed by atoms with Crippen molar-refractivity contribution in [3.05, 3.63) is 58.1 Å². The molecule has 0 unspecified atom stereocenters. The number of rotatable bonds is 6. The van der Waals surface area contributed by atoms with Gasteiger partial charge in [0.2, 0.25) is 0 Å². The number of halogens is 2. The van der Waals surface area contributed by atoms with Crippen molar-refractivity contribution < 1.29 is 9.53 Å². The van der Waals surface area contributed by atoms with Crippen LogP contribution in [0.2, 0.25) is 10.0 Å². The molecule has 0 atom stereocenters. The molecule has 0 aliphatic heterocycles. The minimum absolute atomic E-state index is 0.0902. The van der Waals surface area contributed by atoms with Gasteiger partial charge in [0.15, 0.2) is 0 Å². The third-order valence-corrected chi connectivity index (χ3v) is 3.75. The van der Waals surface area contributed by atoms with Crippen molar-refractivity contribution in [2.75, 3.05) is 19.0 Å². The summed E-state index contributed by atoms with van der Waals surface area (Å²) >= 11 is 11.9. The molecule has 1 amide bonds. The zero-order chi connectivity index (χ0) is 16.7. The van der Waals surface area contributed by atoms with Crippen molar-refractivity contribution in [1.29, 1.82) is 0 Å². The molecule has 0 radical (unpaired) electrons. The van der Waals surface area contributed by atoms with Gasteiger partial charge in [-0.25, -0.2) is 5.43 Å². The number of anilines is 1. The zero-order valence-corrected chi connectivity index (χ0v) is 13.9. The first-order valence-corrected chi connectivity index (χ1v) is 7.49. The van der Waals surface area contributed by atoms with E-state index in [1.807, 2.05) is 12.1 Å². The topological polar surface area (TPSA) is 62.7 Å². The normalized spacial score (nSPS) is 10.6. The van der Waals surface area contributed by atoms with Crippen molar-refractivity contribution >= 4 is 41.0 Å². The summed E-state index contributed by atoms with van der Waals surface area (Å²) in [5.74, 6) is 0.471. The van der Waals surface area contributed by atoms with Gasteiger partial charge in [0.05, 0.1) is 29.9 Å². The molecule has 0 bridgehead atoms. The van der Waals surface area contributed by atoms with Crippen LogP contribution >= 0.6 is 23.2 Å². The van der Waals surface area contributed by atoms with Crippen molar-refractivity contribution in [3.8, 4) is 5.75 Å². The molecule has 2 aromatic rings. The molecule has 0 spiro atoms. The van der Waals surface area contributed by atoms with Crippen LogP contribution < -0.4 is 15.5 Å². The molecule has 0 saturated heterocycles. The number of hydrogen-bond donors (Lipinski definition) is 2. The lowest BCUT2D eigenvalue weighted by Crippen LogP contribution is -2.25. The Morgan fingerprint density at radius 3 is 2.65 bits per heavy atom. The second-order valence-corrected chi connectivity index (χ2v) is 5.30. The van der Waals surface area contributed by atoms with E-state index < -0.39 is 0 Å². The lowest BCUT2D eigenvalue weighted by molar-refractivity contribution is -0.119. The zero-order valence-electron chi connectivity index (χ0n) is 12.3. The number of hydrazone groups is 1. The Kier molecular flexibility index (Phi) is 6.26. The highest BCUT2D eigenvalue weighted by Gasteiger charge is 2.02. The first kappa shape index (κ1) is 17.1. The van der Waals surface area contributed by atoms with Crippen molar-refractivity contribution in [2.45, 2.75) is 0 Å². The van der Waals surface area contributed by atoms with Gasteiger partial charge in [0.25, 0.3) is 5.91 Å². The Morgan fingerprint density at radius 1 is 1.22 bits per heavy atom. The number of methoxy groups -OCH3 is 1. The maximum Gasteiger partial charge on any atom is 0.259 e. The molecular weight excluding hydrogens is 337 g/mol. The molecule has 0 fully saturated rings. The van der Waals surface area contributed by atoms with Crippen LogP contribution in [0.4, 0.5) is 5.69 Å². The summed E-state index contributed by atoms with van der Waals surface area (Å²) in [5.41, 5.74) is 3.85. The molecule has 2 aromatic carbocycles. The maximum atomic E-state index is 11.7. The molecule has 2 rings (SSSR count). The number of nitrogens with one attached hydrogen (secondary N) is 2. The van der Waals surface area contributed by atoms with Gasteiger partial charge in [-0.05, 0) is 30.3 Å². The van der Waals surface area contributed by atoms with Crippen LogP contribution in [0.3, 0.4) is 0 Å². The molecule has 0 aliphatic rings. The highest BCUT2D eigenvalue weighted by atomic mass is 35.5. The summed E-state index contributed by atoms with van der Waals surface area (Å²) in [5, 5.41) is 7.66. The second-order valence-electron chi connectivity index (χ2n) is 4.52.